The first-order valence-electron chi connectivity index (χ1n) is 7.17. The molecule has 5 nitrogen and oxygen atoms in total. The largest absolute Gasteiger partial charge is 0.394 e. The lowest BCUT2D eigenvalue weighted by Gasteiger charge is -2.26. The highest BCUT2D eigenvalue weighted by Crippen LogP contribution is 2.26. The summed E-state index contributed by atoms with van der Waals surface area (Å²) in [6.45, 7) is 9.25. The molecule has 1 N–H and O–H groups in total. The van der Waals surface area contributed by atoms with Crippen molar-refractivity contribution in [2.75, 3.05) is 36.0 Å². The lowest BCUT2D eigenvalue weighted by atomic mass is 10.2. The van der Waals surface area contributed by atoms with Gasteiger partial charge in [-0.2, -0.15) is 0 Å². The van der Waals surface area contributed by atoms with Crippen molar-refractivity contribution in [3.63, 3.8) is 0 Å². The normalized spacial score (nSPS) is 18.9. The Labute approximate surface area is 115 Å². The minimum Gasteiger partial charge on any atom is -0.394 e. The van der Waals surface area contributed by atoms with Gasteiger partial charge in [-0.05, 0) is 33.6 Å². The Morgan fingerprint density at radius 2 is 2.11 bits per heavy atom. The SMILES string of the molecule is CCN(CC)c1cc(N2CCCC2CO)nc(C)n1. The summed E-state index contributed by atoms with van der Waals surface area (Å²) in [5, 5.41) is 9.44. The van der Waals surface area contributed by atoms with Crippen molar-refractivity contribution in [1.29, 1.82) is 0 Å². The molecule has 2 heterocycles. The number of hydrogen-bond donors (Lipinski definition) is 1. The average Bonchev–Trinajstić information content (AvgIpc) is 2.88. The van der Waals surface area contributed by atoms with Crippen LogP contribution in [-0.4, -0.2) is 47.4 Å². The second kappa shape index (κ2) is 6.19. The van der Waals surface area contributed by atoms with E-state index in [1.54, 1.807) is 0 Å². The first-order valence-corrected chi connectivity index (χ1v) is 7.17. The highest BCUT2D eigenvalue weighted by Gasteiger charge is 2.25. The van der Waals surface area contributed by atoms with Crippen LogP contribution in [0, 0.1) is 6.92 Å². The van der Waals surface area contributed by atoms with Gasteiger partial charge in [-0.3, -0.25) is 0 Å². The van der Waals surface area contributed by atoms with Crippen LogP contribution >= 0.6 is 0 Å². The molecule has 1 fully saturated rings. The van der Waals surface area contributed by atoms with Crippen LogP contribution in [0.4, 0.5) is 11.6 Å². The quantitative estimate of drug-likeness (QED) is 0.875. The predicted octanol–water partition coefficient (Wildman–Crippen LogP) is 1.59. The number of hydrogen-bond acceptors (Lipinski definition) is 5. The van der Waals surface area contributed by atoms with E-state index in [1.165, 1.54) is 0 Å². The van der Waals surface area contributed by atoms with E-state index in [-0.39, 0.29) is 12.6 Å². The zero-order chi connectivity index (χ0) is 13.8. The maximum atomic E-state index is 9.44. The molecule has 1 saturated heterocycles. The van der Waals surface area contributed by atoms with Crippen LogP contribution in [0.3, 0.4) is 0 Å². The van der Waals surface area contributed by atoms with Crippen LogP contribution in [0.2, 0.25) is 0 Å². The topological polar surface area (TPSA) is 52.5 Å². The number of aromatic nitrogens is 2. The van der Waals surface area contributed by atoms with Gasteiger partial charge < -0.3 is 14.9 Å². The summed E-state index contributed by atoms with van der Waals surface area (Å²) in [5.74, 6) is 2.73. The highest BCUT2D eigenvalue weighted by atomic mass is 16.3. The molecule has 0 bridgehead atoms. The first kappa shape index (κ1) is 14.1. The third-order valence-corrected chi connectivity index (χ3v) is 3.78. The zero-order valence-corrected chi connectivity index (χ0v) is 12.1. The number of anilines is 2. The molecule has 1 unspecified atom stereocenters. The standard InChI is InChI=1S/C14H24N4O/c1-4-17(5-2)13-9-14(16-11(3)15-13)18-8-6-7-12(18)10-19/h9,12,19H,4-8,10H2,1-3H3. The maximum absolute atomic E-state index is 9.44. The summed E-state index contributed by atoms with van der Waals surface area (Å²) in [6.07, 6.45) is 2.16. The zero-order valence-electron chi connectivity index (χ0n) is 12.1. The smallest absolute Gasteiger partial charge is 0.134 e. The van der Waals surface area contributed by atoms with E-state index in [0.717, 1.165) is 49.9 Å². The second-order valence-corrected chi connectivity index (χ2v) is 4.98. The van der Waals surface area contributed by atoms with Gasteiger partial charge >= 0.3 is 0 Å². The minimum absolute atomic E-state index is 0.198. The predicted molar refractivity (Wildman–Crippen MR) is 77.8 cm³/mol. The monoisotopic (exact) mass is 264 g/mol. The first-order chi connectivity index (χ1) is 9.19. The van der Waals surface area contributed by atoms with Gasteiger partial charge in [0.1, 0.15) is 17.5 Å². The Morgan fingerprint density at radius 1 is 1.37 bits per heavy atom. The molecule has 0 saturated carbocycles. The van der Waals surface area contributed by atoms with Crippen LogP contribution < -0.4 is 9.80 Å². The molecule has 1 atom stereocenters. The molecule has 1 aliphatic rings. The van der Waals surface area contributed by atoms with Gasteiger partial charge in [-0.25, -0.2) is 9.97 Å². The Balaban J connectivity index is 2.30. The summed E-state index contributed by atoms with van der Waals surface area (Å²) < 4.78 is 0. The Bertz CT molecular complexity index is 420. The molecular weight excluding hydrogens is 240 g/mol. The van der Waals surface area contributed by atoms with Gasteiger partial charge in [-0.1, -0.05) is 0 Å². The van der Waals surface area contributed by atoms with Crippen molar-refractivity contribution in [2.45, 2.75) is 39.7 Å². The number of aliphatic hydroxyl groups is 1. The van der Waals surface area contributed by atoms with E-state index in [2.05, 4.69) is 33.6 Å². The summed E-state index contributed by atoms with van der Waals surface area (Å²) >= 11 is 0. The fourth-order valence-corrected chi connectivity index (χ4v) is 2.72. The molecule has 0 aliphatic carbocycles. The Hall–Kier alpha value is -1.36. The molecule has 0 amide bonds. The van der Waals surface area contributed by atoms with Gasteiger partial charge in [0.05, 0.1) is 12.6 Å². The molecule has 0 spiro atoms. The number of nitrogens with zero attached hydrogens (tertiary/aromatic N) is 4. The summed E-state index contributed by atoms with van der Waals surface area (Å²) in [5.41, 5.74) is 0. The molecule has 0 radical (unpaired) electrons. The van der Waals surface area contributed by atoms with Crippen LogP contribution in [0.15, 0.2) is 6.07 Å². The van der Waals surface area contributed by atoms with Crippen molar-refractivity contribution in [2.24, 2.45) is 0 Å². The molecule has 1 aromatic rings. The summed E-state index contributed by atoms with van der Waals surface area (Å²) in [7, 11) is 0. The number of aliphatic hydroxyl groups excluding tert-OH is 1. The third-order valence-electron chi connectivity index (χ3n) is 3.78. The highest BCUT2D eigenvalue weighted by molar-refractivity contribution is 5.52. The van der Waals surface area contributed by atoms with Gasteiger partial charge in [0.2, 0.25) is 0 Å². The van der Waals surface area contributed by atoms with Gasteiger partial charge in [-0.15, -0.1) is 0 Å². The van der Waals surface area contributed by atoms with Crippen molar-refractivity contribution >= 4 is 11.6 Å². The molecule has 1 aliphatic heterocycles. The molecule has 19 heavy (non-hydrogen) atoms. The summed E-state index contributed by atoms with van der Waals surface area (Å²) in [6, 6.07) is 2.26. The molecular formula is C14H24N4O. The Morgan fingerprint density at radius 3 is 2.74 bits per heavy atom. The summed E-state index contributed by atoms with van der Waals surface area (Å²) in [4.78, 5) is 13.5. The fourth-order valence-electron chi connectivity index (χ4n) is 2.72. The molecule has 0 aromatic carbocycles. The molecule has 5 heteroatoms. The lowest BCUT2D eigenvalue weighted by molar-refractivity contribution is 0.266. The average molecular weight is 264 g/mol. The van der Waals surface area contributed by atoms with Crippen molar-refractivity contribution < 1.29 is 5.11 Å². The molecule has 2 rings (SSSR count). The van der Waals surface area contributed by atoms with Crippen molar-refractivity contribution in [3.05, 3.63) is 11.9 Å². The second-order valence-electron chi connectivity index (χ2n) is 4.98. The van der Waals surface area contributed by atoms with E-state index in [9.17, 15) is 5.11 Å². The van der Waals surface area contributed by atoms with Gasteiger partial charge in [0, 0.05) is 25.7 Å². The molecule has 106 valence electrons. The number of rotatable bonds is 5. The van der Waals surface area contributed by atoms with E-state index in [1.807, 2.05) is 13.0 Å². The van der Waals surface area contributed by atoms with Gasteiger partial charge in [0.15, 0.2) is 0 Å². The van der Waals surface area contributed by atoms with Crippen LogP contribution in [0.25, 0.3) is 0 Å². The maximum Gasteiger partial charge on any atom is 0.134 e. The lowest BCUT2D eigenvalue weighted by Crippen LogP contribution is -2.33. The van der Waals surface area contributed by atoms with Crippen LogP contribution in [0.1, 0.15) is 32.5 Å². The molecule has 1 aromatic heterocycles. The van der Waals surface area contributed by atoms with E-state index in [0.29, 0.717) is 0 Å². The van der Waals surface area contributed by atoms with E-state index in [4.69, 9.17) is 0 Å². The minimum atomic E-state index is 0.198. The number of aryl methyl sites for hydroxylation is 1. The third kappa shape index (κ3) is 2.97. The van der Waals surface area contributed by atoms with Crippen molar-refractivity contribution in [3.8, 4) is 0 Å². The van der Waals surface area contributed by atoms with Crippen LogP contribution in [-0.2, 0) is 0 Å². The Kier molecular flexibility index (Phi) is 4.58. The van der Waals surface area contributed by atoms with E-state index >= 15 is 0 Å². The van der Waals surface area contributed by atoms with E-state index < -0.39 is 0 Å². The van der Waals surface area contributed by atoms with Crippen molar-refractivity contribution in [1.82, 2.24) is 9.97 Å². The van der Waals surface area contributed by atoms with Crippen LogP contribution in [0.5, 0.6) is 0 Å². The van der Waals surface area contributed by atoms with Gasteiger partial charge in [0.25, 0.3) is 0 Å². The fraction of sp³-hybridized carbons (Fsp3) is 0.714.